The number of hydrogen-bond donors (Lipinski definition) is 3. The topological polar surface area (TPSA) is 113 Å². The van der Waals surface area contributed by atoms with Gasteiger partial charge in [-0.3, -0.25) is 0 Å². The molecule has 0 saturated carbocycles. The van der Waals surface area contributed by atoms with E-state index in [1.165, 1.54) is 0 Å². The van der Waals surface area contributed by atoms with E-state index in [0.29, 0.717) is 34.5 Å². The lowest BCUT2D eigenvalue weighted by Gasteiger charge is -2.14. The van der Waals surface area contributed by atoms with Crippen LogP contribution >= 0.6 is 11.6 Å². The molecule has 35 heavy (non-hydrogen) atoms. The molecule has 0 spiro atoms. The van der Waals surface area contributed by atoms with Gasteiger partial charge < -0.3 is 20.0 Å². The molecule has 4 aromatic rings. The molecule has 4 rings (SSSR count). The lowest BCUT2D eigenvalue weighted by molar-refractivity contribution is 0.280. The first-order valence-corrected chi connectivity index (χ1v) is 13.3. The number of H-pyrrole nitrogens is 1. The molecule has 0 bridgehead atoms. The number of hydrogen-bond acceptors (Lipinski definition) is 7. The Balaban J connectivity index is 1.74. The van der Waals surface area contributed by atoms with Gasteiger partial charge in [-0.1, -0.05) is 30.7 Å². The third-order valence-electron chi connectivity index (χ3n) is 5.67. The van der Waals surface area contributed by atoms with E-state index in [4.69, 9.17) is 22.2 Å². The average Bonchev–Trinajstić information content (AvgIpc) is 3.24. The molecule has 0 atom stereocenters. The van der Waals surface area contributed by atoms with Crippen molar-refractivity contribution in [3.63, 3.8) is 0 Å². The Kier molecular flexibility index (Phi) is 7.49. The summed E-state index contributed by atoms with van der Waals surface area (Å²) in [5, 5.41) is 6.70. The van der Waals surface area contributed by atoms with Gasteiger partial charge in [0.15, 0.2) is 9.84 Å². The number of nitrogens with one attached hydrogen (secondary N) is 2. The second kappa shape index (κ2) is 10.6. The van der Waals surface area contributed by atoms with E-state index >= 15 is 0 Å². The van der Waals surface area contributed by atoms with Crippen molar-refractivity contribution in [2.75, 3.05) is 26.0 Å². The summed E-state index contributed by atoms with van der Waals surface area (Å²) in [5.41, 5.74) is 3.09. The molecule has 0 aliphatic rings. The number of nitrogens with zero attached hydrogens (tertiary/aromatic N) is 2. The molecule has 2 aromatic carbocycles. The van der Waals surface area contributed by atoms with E-state index in [1.54, 1.807) is 48.7 Å². The van der Waals surface area contributed by atoms with E-state index in [1.807, 2.05) is 31.3 Å². The number of sulfone groups is 1. The molecule has 0 saturated heterocycles. The SMILES string of the molecule is CCS(=O)(=O)c1cccc(-c2ccc(OCCCN(N)/C=C\NC)c3[nH]c4ncc(Cl)cc4c23)c1. The largest absolute Gasteiger partial charge is 0.491 e. The Morgan fingerprint density at radius 2 is 2.09 bits per heavy atom. The fourth-order valence-corrected chi connectivity index (χ4v) is 4.98. The van der Waals surface area contributed by atoms with Crippen LogP contribution in [0.3, 0.4) is 0 Å². The maximum absolute atomic E-state index is 12.5. The number of benzene rings is 2. The Morgan fingerprint density at radius 1 is 1.26 bits per heavy atom. The quantitative estimate of drug-likeness (QED) is 0.163. The van der Waals surface area contributed by atoms with Crippen LogP contribution in [0.4, 0.5) is 0 Å². The molecule has 2 aromatic heterocycles. The zero-order chi connectivity index (χ0) is 25.0. The summed E-state index contributed by atoms with van der Waals surface area (Å²) in [7, 11) is -1.53. The maximum atomic E-state index is 12.5. The van der Waals surface area contributed by atoms with Crippen LogP contribution in [0, 0.1) is 0 Å². The normalized spacial score (nSPS) is 12.0. The minimum atomic E-state index is -3.34. The molecule has 0 fully saturated rings. The van der Waals surface area contributed by atoms with Gasteiger partial charge in [0.05, 0.1) is 27.8 Å². The highest BCUT2D eigenvalue weighted by Crippen LogP contribution is 2.40. The lowest BCUT2D eigenvalue weighted by atomic mass is 9.99. The number of rotatable bonds is 10. The maximum Gasteiger partial charge on any atom is 0.178 e. The molecule has 0 amide bonds. The second-order valence-electron chi connectivity index (χ2n) is 8.01. The van der Waals surface area contributed by atoms with Crippen molar-refractivity contribution in [3.8, 4) is 16.9 Å². The zero-order valence-electron chi connectivity index (χ0n) is 19.6. The summed E-state index contributed by atoms with van der Waals surface area (Å²) < 4.78 is 31.1. The van der Waals surface area contributed by atoms with Crippen LogP contribution < -0.4 is 15.9 Å². The van der Waals surface area contributed by atoms with Gasteiger partial charge in [-0.2, -0.15) is 0 Å². The molecule has 10 heteroatoms. The Bertz CT molecular complexity index is 1480. The molecular formula is C25H28ClN5O3S. The van der Waals surface area contributed by atoms with Crippen molar-refractivity contribution < 1.29 is 13.2 Å². The number of halogens is 1. The van der Waals surface area contributed by atoms with Crippen molar-refractivity contribution >= 4 is 43.4 Å². The molecule has 2 heterocycles. The highest BCUT2D eigenvalue weighted by molar-refractivity contribution is 7.91. The molecule has 184 valence electrons. The number of pyridine rings is 1. The van der Waals surface area contributed by atoms with Gasteiger partial charge in [-0.05, 0) is 41.5 Å². The van der Waals surface area contributed by atoms with E-state index in [0.717, 1.165) is 33.8 Å². The minimum absolute atomic E-state index is 0.0379. The van der Waals surface area contributed by atoms with Crippen LogP contribution in [0.1, 0.15) is 13.3 Å². The van der Waals surface area contributed by atoms with Gasteiger partial charge in [-0.25, -0.2) is 19.2 Å². The van der Waals surface area contributed by atoms with Crippen molar-refractivity contribution in [1.82, 2.24) is 20.3 Å². The average molecular weight is 514 g/mol. The van der Waals surface area contributed by atoms with E-state index in [-0.39, 0.29) is 5.75 Å². The monoisotopic (exact) mass is 513 g/mol. The number of nitrogens with two attached hydrogens (primary N) is 1. The standard InChI is InChI=1S/C25H28ClN5O3S/c1-3-35(32,33)19-7-4-6-17(14-19)20-8-9-22(34-13-5-11-31(27)12-10-28-2)24-23(20)21-15-18(26)16-29-25(21)30-24/h4,6-10,12,14-16,28H,3,5,11,13,27H2,1-2H3,(H,29,30)/b12-10-. The predicted octanol–water partition coefficient (Wildman–Crippen LogP) is 4.47. The van der Waals surface area contributed by atoms with Gasteiger partial charge >= 0.3 is 0 Å². The third kappa shape index (κ3) is 5.37. The van der Waals surface area contributed by atoms with E-state index in [9.17, 15) is 8.42 Å². The van der Waals surface area contributed by atoms with Crippen LogP contribution in [0.15, 0.2) is 66.0 Å². The van der Waals surface area contributed by atoms with Gasteiger partial charge in [0.1, 0.15) is 11.4 Å². The first-order valence-electron chi connectivity index (χ1n) is 11.2. The summed E-state index contributed by atoms with van der Waals surface area (Å²) in [4.78, 5) is 8.08. The Hall–Kier alpha value is -3.27. The highest BCUT2D eigenvalue weighted by Gasteiger charge is 2.18. The number of aromatic amines is 1. The molecule has 0 unspecified atom stereocenters. The van der Waals surface area contributed by atoms with Crippen LogP contribution in [0.5, 0.6) is 5.75 Å². The number of hydrazine groups is 1. The molecule has 0 aliphatic carbocycles. The molecular weight excluding hydrogens is 486 g/mol. The molecule has 4 N–H and O–H groups in total. The lowest BCUT2D eigenvalue weighted by Crippen LogP contribution is -2.27. The zero-order valence-corrected chi connectivity index (χ0v) is 21.2. The summed E-state index contributed by atoms with van der Waals surface area (Å²) in [5.74, 6) is 6.62. The van der Waals surface area contributed by atoms with Crippen molar-refractivity contribution in [2.45, 2.75) is 18.2 Å². The van der Waals surface area contributed by atoms with Crippen LogP contribution in [0.2, 0.25) is 5.02 Å². The van der Waals surface area contributed by atoms with Crippen molar-refractivity contribution in [1.29, 1.82) is 0 Å². The van der Waals surface area contributed by atoms with Crippen molar-refractivity contribution in [3.05, 3.63) is 66.1 Å². The van der Waals surface area contributed by atoms with Gasteiger partial charge in [0.2, 0.25) is 0 Å². The van der Waals surface area contributed by atoms with Gasteiger partial charge in [0.25, 0.3) is 0 Å². The first kappa shape index (κ1) is 24.8. The number of aromatic nitrogens is 2. The van der Waals surface area contributed by atoms with Gasteiger partial charge in [0, 0.05) is 49.4 Å². The summed E-state index contributed by atoms with van der Waals surface area (Å²) in [6.45, 7) is 2.73. The fourth-order valence-electron chi connectivity index (χ4n) is 3.89. The molecule has 0 radical (unpaired) electrons. The highest BCUT2D eigenvalue weighted by atomic mass is 35.5. The smallest absolute Gasteiger partial charge is 0.178 e. The summed E-state index contributed by atoms with van der Waals surface area (Å²) >= 11 is 6.27. The predicted molar refractivity (Wildman–Crippen MR) is 141 cm³/mol. The number of fused-ring (bicyclic) bond motifs is 3. The molecule has 8 nitrogen and oxygen atoms in total. The third-order valence-corrected chi connectivity index (χ3v) is 7.61. The molecule has 0 aliphatic heterocycles. The second-order valence-corrected chi connectivity index (χ2v) is 10.7. The van der Waals surface area contributed by atoms with Crippen LogP contribution in [-0.4, -0.2) is 49.3 Å². The summed E-state index contributed by atoms with van der Waals surface area (Å²) in [6, 6.07) is 12.7. The van der Waals surface area contributed by atoms with Gasteiger partial charge in [-0.15, -0.1) is 0 Å². The van der Waals surface area contributed by atoms with E-state index < -0.39 is 9.84 Å². The Labute approximate surface area is 209 Å². The fraction of sp³-hybridized carbons (Fsp3) is 0.240. The Morgan fingerprint density at radius 3 is 2.86 bits per heavy atom. The van der Waals surface area contributed by atoms with Crippen LogP contribution in [-0.2, 0) is 9.84 Å². The van der Waals surface area contributed by atoms with Crippen molar-refractivity contribution in [2.24, 2.45) is 5.84 Å². The van der Waals surface area contributed by atoms with Crippen LogP contribution in [0.25, 0.3) is 33.1 Å². The first-order chi connectivity index (χ1) is 16.8. The van der Waals surface area contributed by atoms with E-state index in [2.05, 4.69) is 15.3 Å². The minimum Gasteiger partial charge on any atom is -0.491 e. The number of ether oxygens (including phenoxy) is 1. The summed E-state index contributed by atoms with van der Waals surface area (Å²) in [6.07, 6.45) is 5.82.